The Morgan fingerprint density at radius 2 is 2.07 bits per heavy atom. The molecule has 0 bridgehead atoms. The van der Waals surface area contributed by atoms with Crippen LogP contribution < -0.4 is 5.32 Å². The standard InChI is InChI=1S/C11H22N2O/c1-11(2)10(12-9-4-5-9)8(7-14)6-13(11)3/h8-10,12,14H,4-7H2,1-3H3. The number of rotatable bonds is 3. The van der Waals surface area contributed by atoms with Gasteiger partial charge in [0.05, 0.1) is 0 Å². The molecule has 3 heteroatoms. The number of hydrogen-bond acceptors (Lipinski definition) is 3. The summed E-state index contributed by atoms with van der Waals surface area (Å²) in [6.07, 6.45) is 2.63. The van der Waals surface area contributed by atoms with Crippen LogP contribution in [0.5, 0.6) is 0 Å². The predicted molar refractivity (Wildman–Crippen MR) is 57.2 cm³/mol. The third-order valence-electron chi connectivity index (χ3n) is 3.95. The van der Waals surface area contributed by atoms with E-state index >= 15 is 0 Å². The zero-order valence-corrected chi connectivity index (χ0v) is 9.45. The lowest BCUT2D eigenvalue weighted by atomic mass is 9.90. The number of aliphatic hydroxyl groups excluding tert-OH is 1. The molecule has 0 spiro atoms. The number of likely N-dealkylation sites (tertiary alicyclic amines) is 1. The molecule has 0 radical (unpaired) electrons. The van der Waals surface area contributed by atoms with E-state index in [1.54, 1.807) is 0 Å². The van der Waals surface area contributed by atoms with Crippen LogP contribution in [0.2, 0.25) is 0 Å². The summed E-state index contributed by atoms with van der Waals surface area (Å²) in [5, 5.41) is 13.0. The Balaban J connectivity index is 2.06. The van der Waals surface area contributed by atoms with Gasteiger partial charge in [0.25, 0.3) is 0 Å². The van der Waals surface area contributed by atoms with Crippen LogP contribution in [-0.4, -0.2) is 47.8 Å². The summed E-state index contributed by atoms with van der Waals surface area (Å²) >= 11 is 0. The maximum absolute atomic E-state index is 9.35. The lowest BCUT2D eigenvalue weighted by Crippen LogP contribution is -2.52. The first-order valence-electron chi connectivity index (χ1n) is 5.64. The van der Waals surface area contributed by atoms with E-state index in [-0.39, 0.29) is 5.54 Å². The van der Waals surface area contributed by atoms with Crippen LogP contribution in [0.4, 0.5) is 0 Å². The Hall–Kier alpha value is -0.120. The molecular weight excluding hydrogens is 176 g/mol. The van der Waals surface area contributed by atoms with Gasteiger partial charge in [-0.15, -0.1) is 0 Å². The highest BCUT2D eigenvalue weighted by Crippen LogP contribution is 2.34. The monoisotopic (exact) mass is 198 g/mol. The van der Waals surface area contributed by atoms with Gasteiger partial charge in [0.2, 0.25) is 0 Å². The van der Waals surface area contributed by atoms with E-state index in [0.29, 0.717) is 18.6 Å². The second kappa shape index (κ2) is 3.47. The van der Waals surface area contributed by atoms with Crippen molar-refractivity contribution in [2.75, 3.05) is 20.2 Å². The maximum Gasteiger partial charge on any atom is 0.0487 e. The van der Waals surface area contributed by atoms with Crippen LogP contribution in [0.3, 0.4) is 0 Å². The molecule has 1 aliphatic carbocycles. The molecule has 2 fully saturated rings. The quantitative estimate of drug-likeness (QED) is 0.691. The summed E-state index contributed by atoms with van der Waals surface area (Å²) in [5.41, 5.74) is 0.177. The van der Waals surface area contributed by atoms with Gasteiger partial charge in [0.15, 0.2) is 0 Å². The molecule has 0 aromatic rings. The molecule has 14 heavy (non-hydrogen) atoms. The van der Waals surface area contributed by atoms with Crippen molar-refractivity contribution >= 4 is 0 Å². The van der Waals surface area contributed by atoms with Gasteiger partial charge in [-0.25, -0.2) is 0 Å². The summed E-state index contributed by atoms with van der Waals surface area (Å²) in [6, 6.07) is 1.17. The number of hydrogen-bond donors (Lipinski definition) is 2. The Labute approximate surface area is 86.5 Å². The van der Waals surface area contributed by atoms with Gasteiger partial charge in [-0.05, 0) is 33.7 Å². The largest absolute Gasteiger partial charge is 0.396 e. The predicted octanol–water partition coefficient (Wildman–Crippen LogP) is 0.439. The van der Waals surface area contributed by atoms with Crippen molar-refractivity contribution in [1.82, 2.24) is 10.2 Å². The lowest BCUT2D eigenvalue weighted by molar-refractivity contribution is 0.175. The highest BCUT2D eigenvalue weighted by Gasteiger charge is 2.46. The van der Waals surface area contributed by atoms with Gasteiger partial charge < -0.3 is 10.4 Å². The Morgan fingerprint density at radius 3 is 2.57 bits per heavy atom. The first kappa shape index (κ1) is 10.4. The van der Waals surface area contributed by atoms with Crippen molar-refractivity contribution in [3.05, 3.63) is 0 Å². The molecule has 1 heterocycles. The fourth-order valence-electron chi connectivity index (χ4n) is 2.51. The van der Waals surface area contributed by atoms with Gasteiger partial charge in [-0.3, -0.25) is 4.90 Å². The molecule has 82 valence electrons. The van der Waals surface area contributed by atoms with E-state index in [9.17, 15) is 5.11 Å². The van der Waals surface area contributed by atoms with Crippen molar-refractivity contribution < 1.29 is 5.11 Å². The SMILES string of the molecule is CN1CC(CO)C(NC2CC2)C1(C)C. The molecule has 2 unspecified atom stereocenters. The molecule has 2 atom stereocenters. The summed E-state index contributed by atoms with van der Waals surface area (Å²) in [7, 11) is 2.15. The number of nitrogens with zero attached hydrogens (tertiary/aromatic N) is 1. The molecule has 1 saturated carbocycles. The highest BCUT2D eigenvalue weighted by atomic mass is 16.3. The molecule has 0 amide bonds. The Bertz CT molecular complexity index is 213. The van der Waals surface area contributed by atoms with Gasteiger partial charge in [-0.1, -0.05) is 0 Å². The van der Waals surface area contributed by atoms with Crippen molar-refractivity contribution in [3.63, 3.8) is 0 Å². The fourth-order valence-corrected chi connectivity index (χ4v) is 2.51. The van der Waals surface area contributed by atoms with E-state index in [4.69, 9.17) is 0 Å². The number of nitrogens with one attached hydrogen (secondary N) is 1. The third kappa shape index (κ3) is 1.69. The van der Waals surface area contributed by atoms with Gasteiger partial charge in [0.1, 0.15) is 0 Å². The van der Waals surface area contributed by atoms with Crippen molar-refractivity contribution in [1.29, 1.82) is 0 Å². The van der Waals surface area contributed by atoms with E-state index in [0.717, 1.165) is 12.6 Å². The van der Waals surface area contributed by atoms with E-state index in [1.807, 2.05) is 0 Å². The topological polar surface area (TPSA) is 35.5 Å². The van der Waals surface area contributed by atoms with E-state index in [2.05, 4.69) is 31.1 Å². The second-order valence-electron chi connectivity index (χ2n) is 5.40. The highest BCUT2D eigenvalue weighted by molar-refractivity contribution is 5.05. The lowest BCUT2D eigenvalue weighted by Gasteiger charge is -2.35. The van der Waals surface area contributed by atoms with Crippen LogP contribution in [0, 0.1) is 5.92 Å². The smallest absolute Gasteiger partial charge is 0.0487 e. The minimum Gasteiger partial charge on any atom is -0.396 e. The van der Waals surface area contributed by atoms with Crippen LogP contribution in [0.15, 0.2) is 0 Å². The molecule has 2 N–H and O–H groups in total. The zero-order valence-electron chi connectivity index (χ0n) is 9.45. The first-order valence-corrected chi connectivity index (χ1v) is 5.64. The molecule has 0 aromatic carbocycles. The van der Waals surface area contributed by atoms with Crippen LogP contribution in [0.1, 0.15) is 26.7 Å². The van der Waals surface area contributed by atoms with Gasteiger partial charge in [-0.2, -0.15) is 0 Å². The minimum absolute atomic E-state index is 0.177. The average molecular weight is 198 g/mol. The molecule has 1 aliphatic heterocycles. The van der Waals surface area contributed by atoms with E-state index < -0.39 is 0 Å². The molecule has 0 aromatic heterocycles. The molecular formula is C11H22N2O. The Kier molecular flexibility index (Phi) is 2.58. The van der Waals surface area contributed by atoms with Crippen molar-refractivity contribution in [3.8, 4) is 0 Å². The Morgan fingerprint density at radius 1 is 1.43 bits per heavy atom. The normalized spacial score (nSPS) is 37.7. The zero-order chi connectivity index (χ0) is 10.3. The molecule has 2 aliphatic rings. The molecule has 3 nitrogen and oxygen atoms in total. The van der Waals surface area contributed by atoms with Crippen LogP contribution >= 0.6 is 0 Å². The summed E-state index contributed by atoms with van der Waals surface area (Å²) in [6.45, 7) is 5.84. The number of aliphatic hydroxyl groups is 1. The van der Waals surface area contributed by atoms with Crippen LogP contribution in [0.25, 0.3) is 0 Å². The van der Waals surface area contributed by atoms with Crippen molar-refractivity contribution in [2.24, 2.45) is 5.92 Å². The summed E-state index contributed by atoms with van der Waals surface area (Å²) < 4.78 is 0. The first-order chi connectivity index (χ1) is 6.55. The van der Waals surface area contributed by atoms with Gasteiger partial charge >= 0.3 is 0 Å². The second-order valence-corrected chi connectivity index (χ2v) is 5.40. The van der Waals surface area contributed by atoms with Crippen LogP contribution in [-0.2, 0) is 0 Å². The fraction of sp³-hybridized carbons (Fsp3) is 1.00. The minimum atomic E-state index is 0.177. The maximum atomic E-state index is 9.35. The summed E-state index contributed by atoms with van der Waals surface area (Å²) in [5.74, 6) is 0.399. The van der Waals surface area contributed by atoms with Gasteiger partial charge in [0, 0.05) is 36.7 Å². The summed E-state index contributed by atoms with van der Waals surface area (Å²) in [4.78, 5) is 2.36. The molecule has 2 rings (SSSR count). The van der Waals surface area contributed by atoms with Crippen molar-refractivity contribution in [2.45, 2.75) is 44.3 Å². The molecule has 1 saturated heterocycles. The number of likely N-dealkylation sites (N-methyl/N-ethyl adjacent to an activating group) is 1. The average Bonchev–Trinajstić information content (AvgIpc) is 2.90. The third-order valence-corrected chi connectivity index (χ3v) is 3.95. The van der Waals surface area contributed by atoms with E-state index in [1.165, 1.54) is 12.8 Å².